The first-order chi connectivity index (χ1) is 11.1. The van der Waals surface area contributed by atoms with Gasteiger partial charge in [-0.05, 0) is 32.0 Å². The van der Waals surface area contributed by atoms with Crippen molar-refractivity contribution in [1.82, 2.24) is 15.1 Å². The molecule has 2 amide bonds. The second-order valence-electron chi connectivity index (χ2n) is 6.59. The lowest BCUT2D eigenvalue weighted by Crippen LogP contribution is -2.48. The summed E-state index contributed by atoms with van der Waals surface area (Å²) in [7, 11) is 3.78. The van der Waals surface area contributed by atoms with E-state index >= 15 is 0 Å². The fourth-order valence-electron chi connectivity index (χ4n) is 3.61. The van der Waals surface area contributed by atoms with Crippen molar-refractivity contribution in [2.45, 2.75) is 25.4 Å². The van der Waals surface area contributed by atoms with Gasteiger partial charge in [-0.3, -0.25) is 4.90 Å². The van der Waals surface area contributed by atoms with Crippen LogP contribution in [-0.2, 0) is 0 Å². The largest absolute Gasteiger partial charge is 0.495 e. The van der Waals surface area contributed by atoms with Gasteiger partial charge in [-0.1, -0.05) is 12.1 Å². The van der Waals surface area contributed by atoms with Gasteiger partial charge in [0, 0.05) is 38.3 Å². The van der Waals surface area contributed by atoms with Crippen molar-refractivity contribution >= 4 is 11.7 Å². The highest BCUT2D eigenvalue weighted by atomic mass is 16.5. The van der Waals surface area contributed by atoms with E-state index in [4.69, 9.17) is 4.74 Å². The number of hydrogen-bond donors (Lipinski definition) is 2. The molecule has 2 aliphatic heterocycles. The number of anilines is 1. The number of carbonyl (C=O) groups is 1. The summed E-state index contributed by atoms with van der Waals surface area (Å²) in [5.74, 6) is 0.686. The lowest BCUT2D eigenvalue weighted by Gasteiger charge is -2.34. The molecule has 126 valence electrons. The Morgan fingerprint density at radius 2 is 2.13 bits per heavy atom. The number of urea groups is 1. The summed E-state index contributed by atoms with van der Waals surface area (Å²) in [5.41, 5.74) is 1.73. The van der Waals surface area contributed by atoms with Gasteiger partial charge in [-0.2, -0.15) is 0 Å². The van der Waals surface area contributed by atoms with E-state index in [1.807, 2.05) is 25.1 Å². The molecule has 1 aromatic carbocycles. The quantitative estimate of drug-likeness (QED) is 0.887. The Morgan fingerprint density at radius 3 is 2.91 bits per heavy atom. The van der Waals surface area contributed by atoms with Crippen molar-refractivity contribution in [2.24, 2.45) is 0 Å². The molecule has 0 radical (unpaired) electrons. The number of fused-ring (bicyclic) bond motifs is 1. The maximum Gasteiger partial charge on any atom is 0.319 e. The van der Waals surface area contributed by atoms with Crippen LogP contribution in [-0.4, -0.2) is 68.3 Å². The van der Waals surface area contributed by atoms with Crippen LogP contribution in [0.4, 0.5) is 10.5 Å². The maximum atomic E-state index is 12.4. The van der Waals surface area contributed by atoms with Gasteiger partial charge in [0.05, 0.1) is 12.8 Å². The number of hydrogen-bond acceptors (Lipinski definition) is 4. The second-order valence-corrected chi connectivity index (χ2v) is 6.59. The highest BCUT2D eigenvalue weighted by Crippen LogP contribution is 2.28. The molecule has 0 spiro atoms. The molecule has 2 N–H and O–H groups in total. The fourth-order valence-corrected chi connectivity index (χ4v) is 3.61. The number of piperazine rings is 1. The molecule has 0 unspecified atom stereocenters. The van der Waals surface area contributed by atoms with Gasteiger partial charge in [0.1, 0.15) is 5.75 Å². The zero-order valence-electron chi connectivity index (χ0n) is 14.1. The predicted octanol–water partition coefficient (Wildman–Crippen LogP) is 1.51. The van der Waals surface area contributed by atoms with Gasteiger partial charge in [0.2, 0.25) is 0 Å². The number of nitrogens with zero attached hydrogens (tertiary/aromatic N) is 2. The number of amides is 2. The number of rotatable bonds is 3. The molecule has 0 aromatic heterocycles. The van der Waals surface area contributed by atoms with E-state index in [0.29, 0.717) is 11.8 Å². The molecule has 0 bridgehead atoms. The molecule has 23 heavy (non-hydrogen) atoms. The Kier molecular flexibility index (Phi) is 4.73. The lowest BCUT2D eigenvalue weighted by molar-refractivity contribution is 0.124. The summed E-state index contributed by atoms with van der Waals surface area (Å²) in [6, 6.07) is 6.35. The molecule has 2 heterocycles. The minimum atomic E-state index is -0.157. The molecule has 3 rings (SSSR count). The summed E-state index contributed by atoms with van der Waals surface area (Å²) < 4.78 is 5.33. The molecule has 1 aromatic rings. The van der Waals surface area contributed by atoms with E-state index in [9.17, 15) is 4.79 Å². The number of ether oxygens (including phenoxy) is 1. The van der Waals surface area contributed by atoms with Crippen LogP contribution in [0.1, 0.15) is 12.0 Å². The van der Waals surface area contributed by atoms with Crippen molar-refractivity contribution in [1.29, 1.82) is 0 Å². The fraction of sp³-hybridized carbons (Fsp3) is 0.588. The number of para-hydroxylation sites is 1. The molecular formula is C17H26N4O2. The van der Waals surface area contributed by atoms with E-state index in [2.05, 4.69) is 27.5 Å². The minimum absolute atomic E-state index is 0.157. The van der Waals surface area contributed by atoms with Crippen LogP contribution >= 0.6 is 0 Å². The summed E-state index contributed by atoms with van der Waals surface area (Å²) in [5, 5.41) is 6.05. The van der Waals surface area contributed by atoms with Crippen molar-refractivity contribution in [3.05, 3.63) is 23.8 Å². The number of benzene rings is 1. The standard InChI is InChI=1S/C17H26N4O2/c1-12-5-4-6-15(23-3)16(12)19-17(22)18-13-9-14-11-20(2)7-8-21(14)10-13/h4-6,13-14H,7-11H2,1-3H3,(H2,18,19,22)/t13-,14-/m0/s1. The van der Waals surface area contributed by atoms with Crippen LogP contribution in [0.5, 0.6) is 5.75 Å². The van der Waals surface area contributed by atoms with Crippen molar-refractivity contribution < 1.29 is 9.53 Å². The van der Waals surface area contributed by atoms with Gasteiger partial charge in [0.25, 0.3) is 0 Å². The van der Waals surface area contributed by atoms with Crippen LogP contribution in [0.15, 0.2) is 18.2 Å². The molecule has 0 saturated carbocycles. The van der Waals surface area contributed by atoms with Crippen molar-refractivity contribution in [2.75, 3.05) is 45.7 Å². The zero-order chi connectivity index (χ0) is 16.4. The van der Waals surface area contributed by atoms with Gasteiger partial charge >= 0.3 is 6.03 Å². The lowest BCUT2D eigenvalue weighted by atomic mass is 10.1. The summed E-state index contributed by atoms with van der Waals surface area (Å²) >= 11 is 0. The predicted molar refractivity (Wildman–Crippen MR) is 91.1 cm³/mol. The number of methoxy groups -OCH3 is 1. The third kappa shape index (κ3) is 3.59. The maximum absolute atomic E-state index is 12.4. The summed E-state index contributed by atoms with van der Waals surface area (Å²) in [6.07, 6.45) is 1.02. The molecule has 2 atom stereocenters. The molecular weight excluding hydrogens is 292 g/mol. The van der Waals surface area contributed by atoms with Crippen LogP contribution in [0.2, 0.25) is 0 Å². The van der Waals surface area contributed by atoms with Crippen LogP contribution < -0.4 is 15.4 Å². The molecule has 6 heteroatoms. The molecule has 2 fully saturated rings. The van der Waals surface area contributed by atoms with Gasteiger partial charge in [0.15, 0.2) is 0 Å². The van der Waals surface area contributed by atoms with E-state index in [1.165, 1.54) is 0 Å². The smallest absolute Gasteiger partial charge is 0.319 e. The van der Waals surface area contributed by atoms with E-state index in [1.54, 1.807) is 7.11 Å². The number of carbonyl (C=O) groups excluding carboxylic acids is 1. The molecule has 2 saturated heterocycles. The Balaban J connectivity index is 1.58. The Morgan fingerprint density at radius 1 is 1.30 bits per heavy atom. The molecule has 2 aliphatic rings. The first-order valence-electron chi connectivity index (χ1n) is 8.20. The highest BCUT2D eigenvalue weighted by molar-refractivity contribution is 5.92. The normalized spacial score (nSPS) is 25.0. The Bertz CT molecular complexity index is 578. The van der Waals surface area contributed by atoms with Crippen molar-refractivity contribution in [3.8, 4) is 5.75 Å². The first kappa shape index (κ1) is 16.1. The number of nitrogens with one attached hydrogen (secondary N) is 2. The topological polar surface area (TPSA) is 56.8 Å². The van der Waals surface area contributed by atoms with Gasteiger partial charge in [-0.15, -0.1) is 0 Å². The SMILES string of the molecule is COc1cccc(C)c1NC(=O)N[C@H]1C[C@H]2CN(C)CCN2C1. The minimum Gasteiger partial charge on any atom is -0.495 e. The summed E-state index contributed by atoms with van der Waals surface area (Å²) in [4.78, 5) is 17.2. The highest BCUT2D eigenvalue weighted by Gasteiger charge is 2.35. The number of likely N-dealkylation sites (N-methyl/N-ethyl adjacent to an activating group) is 1. The first-order valence-corrected chi connectivity index (χ1v) is 8.20. The zero-order valence-corrected chi connectivity index (χ0v) is 14.1. The Labute approximate surface area is 137 Å². The average Bonchev–Trinajstić information content (AvgIpc) is 2.90. The van der Waals surface area contributed by atoms with E-state index < -0.39 is 0 Å². The third-order valence-electron chi connectivity index (χ3n) is 4.85. The van der Waals surface area contributed by atoms with Crippen LogP contribution in [0.25, 0.3) is 0 Å². The van der Waals surface area contributed by atoms with E-state index in [0.717, 1.165) is 43.9 Å². The van der Waals surface area contributed by atoms with Gasteiger partial charge < -0.3 is 20.3 Å². The second kappa shape index (κ2) is 6.76. The van der Waals surface area contributed by atoms with Crippen LogP contribution in [0, 0.1) is 6.92 Å². The van der Waals surface area contributed by atoms with Crippen LogP contribution in [0.3, 0.4) is 0 Å². The Hall–Kier alpha value is -1.79. The van der Waals surface area contributed by atoms with Gasteiger partial charge in [-0.25, -0.2) is 4.79 Å². The monoisotopic (exact) mass is 318 g/mol. The molecule has 0 aliphatic carbocycles. The number of aryl methyl sites for hydroxylation is 1. The third-order valence-corrected chi connectivity index (χ3v) is 4.85. The van der Waals surface area contributed by atoms with E-state index in [-0.39, 0.29) is 12.1 Å². The molecule has 6 nitrogen and oxygen atoms in total. The summed E-state index contributed by atoms with van der Waals surface area (Å²) in [6.45, 7) is 6.19. The average molecular weight is 318 g/mol. The van der Waals surface area contributed by atoms with Crippen molar-refractivity contribution in [3.63, 3.8) is 0 Å².